The molecule has 18 heavy (non-hydrogen) atoms. The van der Waals surface area contributed by atoms with Crippen molar-refractivity contribution in [1.82, 2.24) is 9.55 Å². The molecule has 0 saturated heterocycles. The highest BCUT2D eigenvalue weighted by atomic mass is 35.5. The molecule has 3 rings (SSSR count). The maximum absolute atomic E-state index is 6.13. The van der Waals surface area contributed by atoms with Crippen molar-refractivity contribution >= 4 is 17.5 Å². The van der Waals surface area contributed by atoms with E-state index in [-0.39, 0.29) is 6.79 Å². The summed E-state index contributed by atoms with van der Waals surface area (Å²) in [5, 5.41) is 0.552. The molecule has 0 radical (unpaired) electrons. The fourth-order valence-corrected chi connectivity index (χ4v) is 2.27. The van der Waals surface area contributed by atoms with Gasteiger partial charge in [-0.1, -0.05) is 11.6 Å². The Morgan fingerprint density at radius 2 is 2.28 bits per heavy atom. The summed E-state index contributed by atoms with van der Waals surface area (Å²) >= 11 is 6.13. The van der Waals surface area contributed by atoms with Crippen molar-refractivity contribution < 1.29 is 9.47 Å². The Morgan fingerprint density at radius 1 is 1.44 bits per heavy atom. The summed E-state index contributed by atoms with van der Waals surface area (Å²) in [5.74, 6) is 1.77. The zero-order valence-corrected chi connectivity index (χ0v) is 10.6. The number of aryl methyl sites for hydroxylation is 1. The first-order valence-electron chi connectivity index (χ1n) is 5.51. The van der Waals surface area contributed by atoms with Gasteiger partial charge in [-0.05, 0) is 24.6 Å². The molecule has 0 atom stereocenters. The number of ether oxygens (including phenoxy) is 2. The smallest absolute Gasteiger partial charge is 0.231 e. The summed E-state index contributed by atoms with van der Waals surface area (Å²) in [4.78, 5) is 4.06. The van der Waals surface area contributed by atoms with Gasteiger partial charge in [0.15, 0.2) is 11.5 Å². The summed E-state index contributed by atoms with van der Waals surface area (Å²) in [6, 6.07) is 3.76. The second-order valence-corrected chi connectivity index (χ2v) is 4.56. The van der Waals surface area contributed by atoms with Crippen molar-refractivity contribution in [2.45, 2.75) is 13.5 Å². The van der Waals surface area contributed by atoms with Gasteiger partial charge in [0, 0.05) is 5.69 Å². The summed E-state index contributed by atoms with van der Waals surface area (Å²) in [6.07, 6.45) is 1.74. The number of imidazole rings is 1. The second-order valence-electron chi connectivity index (χ2n) is 4.16. The lowest BCUT2D eigenvalue weighted by Gasteiger charge is -2.09. The summed E-state index contributed by atoms with van der Waals surface area (Å²) in [6.45, 7) is 2.77. The molecule has 6 heteroatoms. The normalized spacial score (nSPS) is 13.0. The lowest BCUT2D eigenvalue weighted by atomic mass is 10.2. The quantitative estimate of drug-likeness (QED) is 0.904. The highest BCUT2D eigenvalue weighted by Gasteiger charge is 2.18. The van der Waals surface area contributed by atoms with Crippen LogP contribution in [0, 0.1) is 6.92 Å². The molecule has 2 aromatic rings. The van der Waals surface area contributed by atoms with Crippen molar-refractivity contribution in [3.63, 3.8) is 0 Å². The summed E-state index contributed by atoms with van der Waals surface area (Å²) in [7, 11) is 0. The average Bonchev–Trinajstić information content (AvgIpc) is 2.91. The highest BCUT2D eigenvalue weighted by molar-refractivity contribution is 6.32. The minimum Gasteiger partial charge on any atom is -0.454 e. The first-order chi connectivity index (χ1) is 8.65. The Morgan fingerprint density at radius 3 is 3.00 bits per heavy atom. The van der Waals surface area contributed by atoms with Crippen LogP contribution in [-0.4, -0.2) is 16.3 Å². The molecule has 0 aliphatic carbocycles. The van der Waals surface area contributed by atoms with E-state index in [1.165, 1.54) is 0 Å². The molecule has 1 aliphatic rings. The van der Waals surface area contributed by atoms with Crippen LogP contribution in [-0.2, 0) is 6.54 Å². The topological polar surface area (TPSA) is 62.3 Å². The Labute approximate surface area is 109 Å². The predicted molar refractivity (Wildman–Crippen MR) is 68.1 cm³/mol. The Hall–Kier alpha value is -1.88. The van der Waals surface area contributed by atoms with Gasteiger partial charge in [0.05, 0.1) is 17.8 Å². The van der Waals surface area contributed by atoms with E-state index in [4.69, 9.17) is 26.8 Å². The van der Waals surface area contributed by atoms with Crippen molar-refractivity contribution in [1.29, 1.82) is 0 Å². The van der Waals surface area contributed by atoms with Crippen LogP contribution in [0.4, 0.5) is 5.95 Å². The predicted octanol–water partition coefficient (Wildman–Crippen LogP) is 2.20. The number of fused-ring (bicyclic) bond motifs is 1. The molecule has 1 aromatic carbocycles. The number of hydrogen-bond donors (Lipinski definition) is 1. The molecule has 0 amide bonds. The fourth-order valence-electron chi connectivity index (χ4n) is 1.98. The molecular weight excluding hydrogens is 254 g/mol. The molecule has 2 N–H and O–H groups in total. The van der Waals surface area contributed by atoms with Crippen molar-refractivity contribution in [2.75, 3.05) is 12.5 Å². The first-order valence-corrected chi connectivity index (χ1v) is 5.88. The van der Waals surface area contributed by atoms with E-state index in [9.17, 15) is 0 Å². The number of aromatic nitrogens is 2. The van der Waals surface area contributed by atoms with Crippen LogP contribution in [0.15, 0.2) is 18.3 Å². The molecule has 94 valence electrons. The van der Waals surface area contributed by atoms with Gasteiger partial charge in [-0.2, -0.15) is 0 Å². The number of halogens is 1. The van der Waals surface area contributed by atoms with Gasteiger partial charge in [0.25, 0.3) is 0 Å². The van der Waals surface area contributed by atoms with E-state index in [0.29, 0.717) is 29.0 Å². The zero-order valence-electron chi connectivity index (χ0n) is 9.81. The van der Waals surface area contributed by atoms with Gasteiger partial charge >= 0.3 is 0 Å². The summed E-state index contributed by atoms with van der Waals surface area (Å²) < 4.78 is 12.5. The molecule has 0 bridgehead atoms. The fraction of sp³-hybridized carbons (Fsp3) is 0.250. The third-order valence-corrected chi connectivity index (χ3v) is 3.19. The van der Waals surface area contributed by atoms with Gasteiger partial charge in [-0.15, -0.1) is 0 Å². The number of rotatable bonds is 2. The first kappa shape index (κ1) is 11.2. The SMILES string of the molecule is Cc1cnc(N)n1Cc1cc(Cl)c2c(c1)OCO2. The van der Waals surface area contributed by atoms with E-state index in [1.807, 2.05) is 23.6 Å². The minimum atomic E-state index is 0.213. The number of nitrogens with zero attached hydrogens (tertiary/aromatic N) is 2. The third kappa shape index (κ3) is 1.76. The van der Waals surface area contributed by atoms with Crippen LogP contribution in [0.1, 0.15) is 11.3 Å². The molecule has 0 spiro atoms. The summed E-state index contributed by atoms with van der Waals surface area (Å²) in [5.41, 5.74) is 7.80. The molecule has 2 heterocycles. The van der Waals surface area contributed by atoms with Crippen molar-refractivity contribution in [2.24, 2.45) is 0 Å². The lowest BCUT2D eigenvalue weighted by molar-refractivity contribution is 0.174. The molecule has 0 fully saturated rings. The molecule has 0 unspecified atom stereocenters. The third-order valence-electron chi connectivity index (χ3n) is 2.91. The van der Waals surface area contributed by atoms with Crippen LogP contribution in [0.2, 0.25) is 5.02 Å². The molecule has 1 aromatic heterocycles. The molecule has 1 aliphatic heterocycles. The number of benzene rings is 1. The molecule has 5 nitrogen and oxygen atoms in total. The van der Waals surface area contributed by atoms with E-state index in [0.717, 1.165) is 11.3 Å². The van der Waals surface area contributed by atoms with E-state index in [2.05, 4.69) is 4.98 Å². The van der Waals surface area contributed by atoms with E-state index in [1.54, 1.807) is 6.20 Å². The van der Waals surface area contributed by atoms with Crippen LogP contribution in [0.25, 0.3) is 0 Å². The van der Waals surface area contributed by atoms with Crippen LogP contribution < -0.4 is 15.2 Å². The standard InChI is InChI=1S/C12H12ClN3O2/c1-7-4-15-12(14)16(7)5-8-2-9(13)11-10(3-8)17-6-18-11/h2-4H,5-6H2,1H3,(H2,14,15). The maximum Gasteiger partial charge on any atom is 0.231 e. The van der Waals surface area contributed by atoms with Crippen LogP contribution in [0.5, 0.6) is 11.5 Å². The lowest BCUT2D eigenvalue weighted by Crippen LogP contribution is -2.06. The monoisotopic (exact) mass is 265 g/mol. The molecule has 0 saturated carbocycles. The van der Waals surface area contributed by atoms with Crippen LogP contribution >= 0.6 is 11.6 Å². The van der Waals surface area contributed by atoms with Gasteiger partial charge in [0.1, 0.15) is 0 Å². The Balaban J connectivity index is 1.97. The van der Waals surface area contributed by atoms with Gasteiger partial charge < -0.3 is 19.8 Å². The second kappa shape index (κ2) is 4.10. The van der Waals surface area contributed by atoms with Crippen LogP contribution in [0.3, 0.4) is 0 Å². The minimum absolute atomic E-state index is 0.213. The Kier molecular flexibility index (Phi) is 2.56. The highest BCUT2D eigenvalue weighted by Crippen LogP contribution is 2.40. The number of hydrogen-bond acceptors (Lipinski definition) is 4. The van der Waals surface area contributed by atoms with E-state index >= 15 is 0 Å². The maximum atomic E-state index is 6.13. The van der Waals surface area contributed by atoms with Gasteiger partial charge in [0.2, 0.25) is 12.7 Å². The zero-order chi connectivity index (χ0) is 12.7. The van der Waals surface area contributed by atoms with Crippen molar-refractivity contribution in [3.05, 3.63) is 34.6 Å². The molecular formula is C12H12ClN3O2. The van der Waals surface area contributed by atoms with Crippen molar-refractivity contribution in [3.8, 4) is 11.5 Å². The number of nitrogens with two attached hydrogens (primary N) is 1. The van der Waals surface area contributed by atoms with Gasteiger partial charge in [-0.3, -0.25) is 0 Å². The number of nitrogen functional groups attached to an aromatic ring is 1. The largest absolute Gasteiger partial charge is 0.454 e. The number of anilines is 1. The van der Waals surface area contributed by atoms with E-state index < -0.39 is 0 Å². The Bertz CT molecular complexity index is 590. The average molecular weight is 266 g/mol. The van der Waals surface area contributed by atoms with Gasteiger partial charge in [-0.25, -0.2) is 4.98 Å².